The molecule has 0 aromatic rings. The summed E-state index contributed by atoms with van der Waals surface area (Å²) in [5.74, 6) is 0. The van der Waals surface area contributed by atoms with Gasteiger partial charge in [-0.05, 0) is 32.2 Å². The fourth-order valence-electron chi connectivity index (χ4n) is 3.77. The summed E-state index contributed by atoms with van der Waals surface area (Å²) in [7, 11) is 0. The molecule has 2 bridgehead atoms. The van der Waals surface area contributed by atoms with Crippen molar-refractivity contribution in [2.24, 2.45) is 0 Å². The van der Waals surface area contributed by atoms with Gasteiger partial charge in [0.25, 0.3) is 0 Å². The largest absolute Gasteiger partial charge is 0.311 e. The Morgan fingerprint density at radius 3 is 2.19 bits per heavy atom. The van der Waals surface area contributed by atoms with Crippen molar-refractivity contribution in [3.8, 4) is 0 Å². The van der Waals surface area contributed by atoms with Crippen molar-refractivity contribution in [3.05, 3.63) is 0 Å². The summed E-state index contributed by atoms with van der Waals surface area (Å²) in [6.45, 7) is 8.69. The summed E-state index contributed by atoms with van der Waals surface area (Å²) < 4.78 is 0. The first-order valence-corrected chi connectivity index (χ1v) is 7.07. The van der Waals surface area contributed by atoms with Gasteiger partial charge in [0.15, 0.2) is 0 Å². The molecule has 3 saturated heterocycles. The number of nitrogens with one attached hydrogen (secondary N) is 1. The van der Waals surface area contributed by atoms with Crippen LogP contribution in [0.15, 0.2) is 0 Å². The first-order valence-electron chi connectivity index (χ1n) is 7.07. The summed E-state index contributed by atoms with van der Waals surface area (Å²) in [6, 6.07) is 2.57. The smallest absolute Gasteiger partial charge is 0.0126 e. The molecule has 0 aliphatic carbocycles. The molecule has 1 N–H and O–H groups in total. The van der Waals surface area contributed by atoms with Crippen LogP contribution in [0.4, 0.5) is 0 Å². The Bertz CT molecular complexity index is 223. The molecular weight excluding hydrogens is 198 g/mol. The lowest BCUT2D eigenvalue weighted by Gasteiger charge is -2.42. The van der Waals surface area contributed by atoms with Crippen LogP contribution in [0, 0.1) is 0 Å². The topological polar surface area (TPSA) is 18.5 Å². The zero-order valence-corrected chi connectivity index (χ0v) is 10.5. The highest BCUT2D eigenvalue weighted by atomic mass is 15.3. The maximum Gasteiger partial charge on any atom is 0.0126 e. The van der Waals surface area contributed by atoms with Gasteiger partial charge in [0.05, 0.1) is 0 Å². The van der Waals surface area contributed by atoms with Crippen molar-refractivity contribution in [1.82, 2.24) is 15.1 Å². The van der Waals surface area contributed by atoms with Crippen LogP contribution in [0.3, 0.4) is 0 Å². The normalized spacial score (nSPS) is 41.4. The molecule has 3 nitrogen and oxygen atoms in total. The lowest BCUT2D eigenvalue weighted by Crippen LogP contribution is -2.54. The van der Waals surface area contributed by atoms with E-state index in [9.17, 15) is 0 Å². The molecule has 3 fully saturated rings. The third kappa shape index (κ3) is 2.13. The van der Waals surface area contributed by atoms with Crippen molar-refractivity contribution < 1.29 is 0 Å². The highest BCUT2D eigenvalue weighted by Crippen LogP contribution is 2.30. The minimum absolute atomic E-state index is 0.841. The molecule has 0 amide bonds. The Balaban J connectivity index is 1.54. The average Bonchev–Trinajstić information content (AvgIpc) is 2.68. The van der Waals surface area contributed by atoms with Gasteiger partial charge in [-0.25, -0.2) is 0 Å². The molecule has 0 unspecified atom stereocenters. The Morgan fingerprint density at radius 1 is 1.00 bits per heavy atom. The molecule has 0 saturated carbocycles. The quantitative estimate of drug-likeness (QED) is 0.750. The third-order valence-corrected chi connectivity index (χ3v) is 4.82. The van der Waals surface area contributed by atoms with Gasteiger partial charge in [0, 0.05) is 44.3 Å². The van der Waals surface area contributed by atoms with Crippen molar-refractivity contribution in [2.45, 2.75) is 50.7 Å². The van der Waals surface area contributed by atoms with E-state index < -0.39 is 0 Å². The highest BCUT2D eigenvalue weighted by molar-refractivity contribution is 4.96. The molecule has 0 aromatic heterocycles. The number of likely N-dealkylation sites (N-methyl/N-ethyl adjacent to an activating group) is 1. The van der Waals surface area contributed by atoms with E-state index in [2.05, 4.69) is 22.0 Å². The molecule has 0 spiro atoms. The van der Waals surface area contributed by atoms with Crippen LogP contribution >= 0.6 is 0 Å². The summed E-state index contributed by atoms with van der Waals surface area (Å²) in [6.07, 6.45) is 5.66. The Kier molecular flexibility index (Phi) is 3.18. The van der Waals surface area contributed by atoms with E-state index in [0.717, 1.165) is 18.1 Å². The second-order valence-corrected chi connectivity index (χ2v) is 5.73. The Morgan fingerprint density at radius 2 is 1.62 bits per heavy atom. The monoisotopic (exact) mass is 223 g/mol. The van der Waals surface area contributed by atoms with Gasteiger partial charge in [0.1, 0.15) is 0 Å². The fourth-order valence-corrected chi connectivity index (χ4v) is 3.77. The summed E-state index contributed by atoms with van der Waals surface area (Å²) in [4.78, 5) is 5.34. The molecule has 0 aromatic carbocycles. The van der Waals surface area contributed by atoms with Gasteiger partial charge >= 0.3 is 0 Å². The minimum Gasteiger partial charge on any atom is -0.311 e. The third-order valence-electron chi connectivity index (χ3n) is 4.82. The minimum atomic E-state index is 0.841. The molecule has 3 rings (SSSR count). The zero-order chi connectivity index (χ0) is 11.0. The van der Waals surface area contributed by atoms with E-state index >= 15 is 0 Å². The molecule has 3 heteroatoms. The first-order chi connectivity index (χ1) is 7.85. The number of nitrogens with zero attached hydrogens (tertiary/aromatic N) is 2. The number of hydrogen-bond donors (Lipinski definition) is 1. The van der Waals surface area contributed by atoms with E-state index in [4.69, 9.17) is 0 Å². The number of rotatable bonds is 2. The maximum absolute atomic E-state index is 3.74. The predicted molar refractivity (Wildman–Crippen MR) is 66.7 cm³/mol. The number of piperazine rings is 1. The van der Waals surface area contributed by atoms with E-state index in [-0.39, 0.29) is 0 Å². The second-order valence-electron chi connectivity index (χ2n) is 5.73. The van der Waals surface area contributed by atoms with Gasteiger partial charge < -0.3 is 10.2 Å². The fraction of sp³-hybridized carbons (Fsp3) is 1.00. The van der Waals surface area contributed by atoms with Gasteiger partial charge in [0.2, 0.25) is 0 Å². The van der Waals surface area contributed by atoms with Crippen LogP contribution in [-0.4, -0.2) is 60.6 Å². The van der Waals surface area contributed by atoms with Crippen molar-refractivity contribution in [3.63, 3.8) is 0 Å². The van der Waals surface area contributed by atoms with Crippen LogP contribution in [0.1, 0.15) is 32.6 Å². The molecule has 92 valence electrons. The average molecular weight is 223 g/mol. The van der Waals surface area contributed by atoms with Gasteiger partial charge in [-0.15, -0.1) is 0 Å². The maximum atomic E-state index is 3.74. The van der Waals surface area contributed by atoms with Crippen molar-refractivity contribution in [1.29, 1.82) is 0 Å². The van der Waals surface area contributed by atoms with Crippen LogP contribution in [0.2, 0.25) is 0 Å². The summed E-state index contributed by atoms with van der Waals surface area (Å²) in [5.41, 5.74) is 0. The van der Waals surface area contributed by atoms with Crippen LogP contribution < -0.4 is 5.32 Å². The van der Waals surface area contributed by atoms with Gasteiger partial charge in [-0.3, -0.25) is 4.90 Å². The highest BCUT2D eigenvalue weighted by Gasteiger charge is 2.36. The van der Waals surface area contributed by atoms with E-state index in [1.54, 1.807) is 0 Å². The standard InChI is InChI=1S/C13H25N3/c1-2-15-5-7-16(8-6-15)13-9-11-3-4-12(10-13)14-11/h11-14H,2-10H2,1H3/t11-,12-/m0/s1. The van der Waals surface area contributed by atoms with E-state index in [0.29, 0.717) is 0 Å². The molecule has 3 aliphatic rings. The number of hydrogen-bond acceptors (Lipinski definition) is 3. The van der Waals surface area contributed by atoms with Crippen molar-refractivity contribution >= 4 is 0 Å². The number of fused-ring (bicyclic) bond motifs is 2. The Labute approximate surface area is 99.2 Å². The lowest BCUT2D eigenvalue weighted by atomic mass is 9.97. The lowest BCUT2D eigenvalue weighted by molar-refractivity contribution is 0.0750. The molecule has 2 atom stereocenters. The molecular formula is C13H25N3. The van der Waals surface area contributed by atoms with Gasteiger partial charge in [-0.1, -0.05) is 6.92 Å². The second kappa shape index (κ2) is 4.63. The van der Waals surface area contributed by atoms with E-state index in [1.807, 2.05) is 0 Å². The SMILES string of the molecule is CCN1CCN(C2C[C@@H]3CC[C@@H](C2)N3)CC1. The molecule has 0 radical (unpaired) electrons. The first kappa shape index (κ1) is 11.0. The van der Waals surface area contributed by atoms with E-state index in [1.165, 1.54) is 58.4 Å². The van der Waals surface area contributed by atoms with Crippen molar-refractivity contribution in [2.75, 3.05) is 32.7 Å². The summed E-state index contributed by atoms with van der Waals surface area (Å²) in [5, 5.41) is 3.74. The summed E-state index contributed by atoms with van der Waals surface area (Å²) >= 11 is 0. The van der Waals surface area contributed by atoms with Gasteiger partial charge in [-0.2, -0.15) is 0 Å². The Hall–Kier alpha value is -0.120. The zero-order valence-electron chi connectivity index (χ0n) is 10.5. The number of piperidine rings is 1. The molecule has 3 aliphatic heterocycles. The predicted octanol–water partition coefficient (Wildman–Crippen LogP) is 0.907. The van der Waals surface area contributed by atoms with Crippen LogP contribution in [-0.2, 0) is 0 Å². The van der Waals surface area contributed by atoms with Crippen LogP contribution in [0.25, 0.3) is 0 Å². The van der Waals surface area contributed by atoms with Crippen LogP contribution in [0.5, 0.6) is 0 Å². The molecule has 3 heterocycles. The molecule has 16 heavy (non-hydrogen) atoms.